The highest BCUT2D eigenvalue weighted by atomic mass is 16.1. The molecule has 0 fully saturated rings. The number of nitrogens with zero attached hydrogens (tertiary/aromatic N) is 1. The predicted molar refractivity (Wildman–Crippen MR) is 68.8 cm³/mol. The van der Waals surface area contributed by atoms with E-state index < -0.39 is 0 Å². The summed E-state index contributed by atoms with van der Waals surface area (Å²) in [7, 11) is 0. The number of hydrogen-bond acceptors (Lipinski definition) is 2. The zero-order valence-electron chi connectivity index (χ0n) is 10.1. The van der Waals surface area contributed by atoms with E-state index in [0.29, 0.717) is 5.92 Å². The van der Waals surface area contributed by atoms with Crippen LogP contribution in [-0.2, 0) is 6.42 Å². The third-order valence-corrected chi connectivity index (χ3v) is 2.54. The second kappa shape index (κ2) is 4.95. The van der Waals surface area contributed by atoms with Crippen molar-refractivity contribution in [3.63, 3.8) is 0 Å². The fourth-order valence-corrected chi connectivity index (χ4v) is 1.86. The first-order valence-corrected chi connectivity index (χ1v) is 5.79. The van der Waals surface area contributed by atoms with Crippen LogP contribution in [0.2, 0.25) is 0 Å². The summed E-state index contributed by atoms with van der Waals surface area (Å²) in [5, 5.41) is 0. The number of benzene rings is 1. The van der Waals surface area contributed by atoms with Gasteiger partial charge in [0, 0.05) is 0 Å². The molecule has 0 spiro atoms. The number of nitrogens with one attached hydrogen (secondary N) is 1. The molecule has 0 radical (unpaired) electrons. The van der Waals surface area contributed by atoms with Crippen molar-refractivity contribution in [3.05, 3.63) is 52.6 Å². The van der Waals surface area contributed by atoms with Gasteiger partial charge in [-0.25, -0.2) is 0 Å². The van der Waals surface area contributed by atoms with E-state index in [1.807, 2.05) is 12.1 Å². The van der Waals surface area contributed by atoms with Gasteiger partial charge < -0.3 is 4.98 Å². The van der Waals surface area contributed by atoms with Crippen LogP contribution in [0.4, 0.5) is 0 Å². The van der Waals surface area contributed by atoms with Crippen LogP contribution in [0.15, 0.2) is 41.5 Å². The molecule has 0 amide bonds. The molecule has 3 nitrogen and oxygen atoms in total. The van der Waals surface area contributed by atoms with E-state index in [1.165, 1.54) is 11.8 Å². The lowest BCUT2D eigenvalue weighted by atomic mass is 10.0. The number of aromatic amines is 1. The molecule has 0 unspecified atom stereocenters. The molecule has 0 aliphatic rings. The van der Waals surface area contributed by atoms with Crippen LogP contribution in [0.3, 0.4) is 0 Å². The Morgan fingerprint density at radius 1 is 1.29 bits per heavy atom. The summed E-state index contributed by atoms with van der Waals surface area (Å²) in [4.78, 5) is 17.9. The normalized spacial score (nSPS) is 10.8. The first kappa shape index (κ1) is 11.6. The lowest BCUT2D eigenvalue weighted by Crippen LogP contribution is -2.05. The molecule has 0 saturated carbocycles. The van der Waals surface area contributed by atoms with Crippen LogP contribution < -0.4 is 5.56 Å². The Balaban J connectivity index is 2.36. The smallest absolute Gasteiger partial charge is 0.266 e. The molecule has 88 valence electrons. The van der Waals surface area contributed by atoms with Crippen LogP contribution in [0.5, 0.6) is 0 Å². The van der Waals surface area contributed by atoms with E-state index in [1.54, 1.807) is 6.20 Å². The average molecular weight is 228 g/mol. The van der Waals surface area contributed by atoms with Crippen LogP contribution in [-0.4, -0.2) is 9.97 Å². The van der Waals surface area contributed by atoms with Gasteiger partial charge in [-0.05, 0) is 29.5 Å². The van der Waals surface area contributed by atoms with Crippen molar-refractivity contribution in [1.82, 2.24) is 9.97 Å². The lowest BCUT2D eigenvalue weighted by Gasteiger charge is -2.07. The van der Waals surface area contributed by atoms with Gasteiger partial charge in [0.15, 0.2) is 0 Å². The van der Waals surface area contributed by atoms with Crippen molar-refractivity contribution >= 4 is 0 Å². The maximum absolute atomic E-state index is 11.2. The van der Waals surface area contributed by atoms with E-state index in [9.17, 15) is 4.79 Å². The van der Waals surface area contributed by atoms with E-state index in [-0.39, 0.29) is 5.56 Å². The Labute approximate surface area is 101 Å². The fraction of sp³-hybridized carbons (Fsp3) is 0.286. The Morgan fingerprint density at radius 3 is 2.82 bits per heavy atom. The minimum atomic E-state index is -0.170. The second-order valence-electron chi connectivity index (χ2n) is 4.61. The molecule has 3 heteroatoms. The van der Waals surface area contributed by atoms with Crippen molar-refractivity contribution in [1.29, 1.82) is 0 Å². The summed E-state index contributed by atoms with van der Waals surface area (Å²) in [5.74, 6) is 0.623. The highest BCUT2D eigenvalue weighted by Crippen LogP contribution is 2.18. The average Bonchev–Trinajstić information content (AvgIpc) is 2.28. The molecule has 17 heavy (non-hydrogen) atoms. The van der Waals surface area contributed by atoms with Gasteiger partial charge in [0.1, 0.15) is 0 Å². The summed E-state index contributed by atoms with van der Waals surface area (Å²) in [5.41, 5.74) is 2.88. The Kier molecular flexibility index (Phi) is 3.38. The summed E-state index contributed by atoms with van der Waals surface area (Å²) in [6, 6.07) is 8.21. The molecule has 1 N–H and O–H groups in total. The zero-order chi connectivity index (χ0) is 12.3. The zero-order valence-corrected chi connectivity index (χ0v) is 10.1. The Morgan fingerprint density at radius 2 is 2.12 bits per heavy atom. The maximum atomic E-state index is 11.2. The third-order valence-electron chi connectivity index (χ3n) is 2.54. The van der Waals surface area contributed by atoms with Gasteiger partial charge in [0.2, 0.25) is 0 Å². The molecule has 0 aliphatic carbocycles. The van der Waals surface area contributed by atoms with Crippen LogP contribution in [0, 0.1) is 5.92 Å². The highest BCUT2D eigenvalue weighted by Gasteiger charge is 2.02. The number of rotatable bonds is 3. The molecular weight excluding hydrogens is 212 g/mol. The summed E-state index contributed by atoms with van der Waals surface area (Å²) in [6.07, 6.45) is 4.00. The van der Waals surface area contributed by atoms with Crippen molar-refractivity contribution < 1.29 is 0 Å². The SMILES string of the molecule is CC(C)Cc1cccc(-c2cncc(=O)[nH]2)c1. The molecule has 1 aromatic carbocycles. The van der Waals surface area contributed by atoms with E-state index in [4.69, 9.17) is 0 Å². The van der Waals surface area contributed by atoms with Gasteiger partial charge in [-0.3, -0.25) is 9.78 Å². The van der Waals surface area contributed by atoms with Crippen molar-refractivity contribution in [2.75, 3.05) is 0 Å². The van der Waals surface area contributed by atoms with E-state index in [2.05, 4.69) is 35.9 Å². The molecule has 2 rings (SSSR count). The summed E-state index contributed by atoms with van der Waals surface area (Å²) >= 11 is 0. The van der Waals surface area contributed by atoms with Crippen molar-refractivity contribution in [2.45, 2.75) is 20.3 Å². The number of H-pyrrole nitrogens is 1. The molecule has 1 heterocycles. The molecule has 0 atom stereocenters. The monoisotopic (exact) mass is 228 g/mol. The van der Waals surface area contributed by atoms with Gasteiger partial charge in [-0.2, -0.15) is 0 Å². The van der Waals surface area contributed by atoms with Gasteiger partial charge >= 0.3 is 0 Å². The molecule has 0 bridgehead atoms. The van der Waals surface area contributed by atoms with Gasteiger partial charge in [0.05, 0.1) is 18.1 Å². The van der Waals surface area contributed by atoms with Gasteiger partial charge in [0.25, 0.3) is 5.56 Å². The Bertz CT molecular complexity index is 558. The Hall–Kier alpha value is -1.90. The molecule has 0 saturated heterocycles. The van der Waals surface area contributed by atoms with Crippen LogP contribution >= 0.6 is 0 Å². The van der Waals surface area contributed by atoms with Gasteiger partial charge in [-0.15, -0.1) is 0 Å². The first-order valence-electron chi connectivity index (χ1n) is 5.79. The maximum Gasteiger partial charge on any atom is 0.266 e. The standard InChI is InChI=1S/C14H16N2O/c1-10(2)6-11-4-3-5-12(7-11)13-8-15-9-14(17)16-13/h3-5,7-10H,6H2,1-2H3,(H,16,17). The second-order valence-corrected chi connectivity index (χ2v) is 4.61. The largest absolute Gasteiger partial charge is 0.319 e. The van der Waals surface area contributed by atoms with Crippen LogP contribution in [0.1, 0.15) is 19.4 Å². The summed E-state index contributed by atoms with van der Waals surface area (Å²) in [6.45, 7) is 4.39. The topological polar surface area (TPSA) is 45.8 Å². The summed E-state index contributed by atoms with van der Waals surface area (Å²) < 4.78 is 0. The van der Waals surface area contributed by atoms with Crippen LogP contribution in [0.25, 0.3) is 11.3 Å². The third kappa shape index (κ3) is 3.03. The molecule has 1 aromatic heterocycles. The molecule has 0 aliphatic heterocycles. The van der Waals surface area contributed by atoms with E-state index >= 15 is 0 Å². The number of aromatic nitrogens is 2. The van der Waals surface area contributed by atoms with E-state index in [0.717, 1.165) is 17.7 Å². The molecule has 2 aromatic rings. The fourth-order valence-electron chi connectivity index (χ4n) is 1.86. The lowest BCUT2D eigenvalue weighted by molar-refractivity contribution is 0.647. The van der Waals surface area contributed by atoms with Crippen molar-refractivity contribution in [2.24, 2.45) is 5.92 Å². The minimum absolute atomic E-state index is 0.170. The highest BCUT2D eigenvalue weighted by molar-refractivity contribution is 5.58. The van der Waals surface area contributed by atoms with Gasteiger partial charge in [-0.1, -0.05) is 32.0 Å². The number of hydrogen-bond donors (Lipinski definition) is 1. The van der Waals surface area contributed by atoms with Crippen molar-refractivity contribution in [3.8, 4) is 11.3 Å². The molecular formula is C14H16N2O. The minimum Gasteiger partial charge on any atom is -0.319 e. The first-order chi connectivity index (χ1) is 8.15. The quantitative estimate of drug-likeness (QED) is 0.877. The predicted octanol–water partition coefficient (Wildman–Crippen LogP) is 2.64.